The molecule has 1 atom stereocenters. The number of phenols is 1. The monoisotopic (exact) mass is 332 g/mol. The highest BCUT2D eigenvalue weighted by Crippen LogP contribution is 2.24. The summed E-state index contributed by atoms with van der Waals surface area (Å²) in [4.78, 5) is 27.1. The number of ether oxygens (including phenoxy) is 1. The van der Waals surface area contributed by atoms with Crippen LogP contribution in [0, 0.1) is 0 Å². The zero-order valence-electron chi connectivity index (χ0n) is 14.1. The lowest BCUT2D eigenvalue weighted by Gasteiger charge is -2.16. The zero-order chi connectivity index (χ0) is 17.5. The minimum atomic E-state index is -0.745. The van der Waals surface area contributed by atoms with Crippen molar-refractivity contribution in [2.75, 3.05) is 7.11 Å². The Balaban J connectivity index is 2.11. The number of phenolic OH excluding ortho intramolecular Hbond substituents is 1. The third kappa shape index (κ3) is 4.50. The Labute approximate surface area is 141 Å². The van der Waals surface area contributed by atoms with Gasteiger partial charge in [-0.2, -0.15) is 0 Å². The second-order valence-electron chi connectivity index (χ2n) is 5.85. The highest BCUT2D eigenvalue weighted by atomic mass is 16.5. The van der Waals surface area contributed by atoms with E-state index in [-0.39, 0.29) is 11.7 Å². The summed E-state index contributed by atoms with van der Waals surface area (Å²) in [5, 5.41) is 13.2. The number of carbonyl (C=O) groups excluding carboxylic acids is 2. The molecule has 6 heteroatoms. The van der Waals surface area contributed by atoms with Crippen LogP contribution in [-0.2, 0) is 20.7 Å². The van der Waals surface area contributed by atoms with Gasteiger partial charge in [-0.05, 0) is 30.2 Å². The number of hydrogen-bond acceptors (Lipinski definition) is 4. The van der Waals surface area contributed by atoms with Crippen LogP contribution in [0.5, 0.6) is 5.75 Å². The summed E-state index contributed by atoms with van der Waals surface area (Å²) < 4.78 is 4.81. The molecule has 0 bridgehead atoms. The minimum Gasteiger partial charge on any atom is -0.508 e. The first-order valence-corrected chi connectivity index (χ1v) is 8.21. The first kappa shape index (κ1) is 17.8. The maximum absolute atomic E-state index is 12.0. The Bertz CT molecular complexity index is 708. The van der Waals surface area contributed by atoms with Gasteiger partial charge in [0.1, 0.15) is 11.8 Å². The summed E-state index contributed by atoms with van der Waals surface area (Å²) in [6.07, 6.45) is 5.30. The van der Waals surface area contributed by atoms with Crippen molar-refractivity contribution in [1.29, 1.82) is 0 Å². The Morgan fingerprint density at radius 2 is 2.12 bits per heavy atom. The van der Waals surface area contributed by atoms with E-state index in [0.29, 0.717) is 12.8 Å². The van der Waals surface area contributed by atoms with Crippen molar-refractivity contribution >= 4 is 22.8 Å². The standard InChI is InChI=1S/C18H24N2O4/c1-3-4-5-6-17(22)20-16(18(23)24-2)9-12-11-19-15-8-7-13(21)10-14(12)15/h7-8,10-11,16,19,21H,3-6,9H2,1-2H3,(H,20,22)/t16-/m0/s1. The van der Waals surface area contributed by atoms with Gasteiger partial charge in [0.2, 0.25) is 5.91 Å². The third-order valence-electron chi connectivity index (χ3n) is 4.00. The molecule has 24 heavy (non-hydrogen) atoms. The Morgan fingerprint density at radius 3 is 2.83 bits per heavy atom. The molecule has 3 N–H and O–H groups in total. The van der Waals surface area contributed by atoms with Crippen molar-refractivity contribution in [3.8, 4) is 5.75 Å². The number of unbranched alkanes of at least 4 members (excludes halogenated alkanes) is 2. The number of hydrogen-bond donors (Lipinski definition) is 3. The van der Waals surface area contributed by atoms with Gasteiger partial charge in [0.25, 0.3) is 0 Å². The summed E-state index contributed by atoms with van der Waals surface area (Å²) in [7, 11) is 1.31. The Kier molecular flexibility index (Phi) is 6.23. The molecular formula is C18H24N2O4. The van der Waals surface area contributed by atoms with E-state index in [1.807, 2.05) is 0 Å². The van der Waals surface area contributed by atoms with E-state index in [1.54, 1.807) is 24.4 Å². The summed E-state index contributed by atoms with van der Waals surface area (Å²) in [6, 6.07) is 4.25. The van der Waals surface area contributed by atoms with Crippen molar-refractivity contribution < 1.29 is 19.4 Å². The molecule has 130 valence electrons. The Hall–Kier alpha value is -2.50. The number of H-pyrrole nitrogens is 1. The highest BCUT2D eigenvalue weighted by Gasteiger charge is 2.23. The van der Waals surface area contributed by atoms with Gasteiger partial charge in [-0.25, -0.2) is 4.79 Å². The van der Waals surface area contributed by atoms with Crippen molar-refractivity contribution in [3.63, 3.8) is 0 Å². The average Bonchev–Trinajstić information content (AvgIpc) is 2.96. The van der Waals surface area contributed by atoms with Crippen LogP contribution in [-0.4, -0.2) is 35.1 Å². The molecule has 0 radical (unpaired) electrons. The zero-order valence-corrected chi connectivity index (χ0v) is 14.1. The fourth-order valence-corrected chi connectivity index (χ4v) is 2.69. The van der Waals surface area contributed by atoms with E-state index < -0.39 is 12.0 Å². The van der Waals surface area contributed by atoms with Crippen LogP contribution in [0.1, 0.15) is 38.2 Å². The van der Waals surface area contributed by atoms with Crippen LogP contribution in [0.2, 0.25) is 0 Å². The molecule has 1 aromatic heterocycles. The van der Waals surface area contributed by atoms with Gasteiger partial charge in [0.15, 0.2) is 0 Å². The van der Waals surface area contributed by atoms with Gasteiger partial charge >= 0.3 is 5.97 Å². The fraction of sp³-hybridized carbons (Fsp3) is 0.444. The van der Waals surface area contributed by atoms with Crippen LogP contribution in [0.4, 0.5) is 0 Å². The molecule has 0 aliphatic rings. The second-order valence-corrected chi connectivity index (χ2v) is 5.85. The molecule has 0 aliphatic carbocycles. The van der Waals surface area contributed by atoms with Gasteiger partial charge in [-0.15, -0.1) is 0 Å². The average molecular weight is 332 g/mol. The maximum Gasteiger partial charge on any atom is 0.328 e. The lowest BCUT2D eigenvalue weighted by atomic mass is 10.0. The molecular weight excluding hydrogens is 308 g/mol. The van der Waals surface area contributed by atoms with Gasteiger partial charge in [-0.3, -0.25) is 4.79 Å². The third-order valence-corrected chi connectivity index (χ3v) is 4.00. The van der Waals surface area contributed by atoms with Crippen LogP contribution >= 0.6 is 0 Å². The molecule has 1 heterocycles. The van der Waals surface area contributed by atoms with Crippen molar-refractivity contribution in [2.24, 2.45) is 0 Å². The van der Waals surface area contributed by atoms with Gasteiger partial charge in [-0.1, -0.05) is 19.8 Å². The first-order chi connectivity index (χ1) is 11.5. The quantitative estimate of drug-likeness (QED) is 0.512. The van der Waals surface area contributed by atoms with Gasteiger partial charge < -0.3 is 20.1 Å². The molecule has 0 saturated heterocycles. The summed E-state index contributed by atoms with van der Waals surface area (Å²) >= 11 is 0. The number of rotatable bonds is 8. The SMILES string of the molecule is CCCCCC(=O)N[C@@H](Cc1c[nH]c2ccc(O)cc12)C(=O)OC. The number of methoxy groups -OCH3 is 1. The van der Waals surface area contributed by atoms with E-state index in [4.69, 9.17) is 4.74 Å². The number of amides is 1. The van der Waals surface area contributed by atoms with Crippen molar-refractivity contribution in [2.45, 2.75) is 45.1 Å². The Morgan fingerprint density at radius 1 is 1.33 bits per heavy atom. The molecule has 2 aromatic rings. The van der Waals surface area contributed by atoms with Gasteiger partial charge in [0.05, 0.1) is 7.11 Å². The molecule has 1 aromatic carbocycles. The number of nitrogens with one attached hydrogen (secondary N) is 2. The first-order valence-electron chi connectivity index (χ1n) is 8.21. The predicted molar refractivity (Wildman–Crippen MR) is 91.8 cm³/mol. The van der Waals surface area contributed by atoms with E-state index in [2.05, 4.69) is 17.2 Å². The van der Waals surface area contributed by atoms with Crippen molar-refractivity contribution in [3.05, 3.63) is 30.0 Å². The molecule has 0 fully saturated rings. The number of aromatic nitrogens is 1. The molecule has 1 amide bonds. The van der Waals surface area contributed by atoms with Crippen LogP contribution in [0.25, 0.3) is 10.9 Å². The lowest BCUT2D eigenvalue weighted by molar-refractivity contribution is -0.145. The minimum absolute atomic E-state index is 0.151. The normalized spacial score (nSPS) is 12.1. The van der Waals surface area contributed by atoms with E-state index in [9.17, 15) is 14.7 Å². The summed E-state index contributed by atoms with van der Waals surface area (Å²) in [6.45, 7) is 2.07. The number of aromatic hydroxyl groups is 1. The molecule has 0 spiro atoms. The van der Waals surface area contributed by atoms with E-state index in [1.165, 1.54) is 7.11 Å². The van der Waals surface area contributed by atoms with E-state index >= 15 is 0 Å². The fourth-order valence-electron chi connectivity index (χ4n) is 2.69. The topological polar surface area (TPSA) is 91.4 Å². The summed E-state index contributed by atoms with van der Waals surface area (Å²) in [5.74, 6) is -0.476. The number of fused-ring (bicyclic) bond motifs is 1. The second kappa shape index (κ2) is 8.38. The van der Waals surface area contributed by atoms with Crippen LogP contribution < -0.4 is 5.32 Å². The largest absolute Gasteiger partial charge is 0.508 e. The lowest BCUT2D eigenvalue weighted by Crippen LogP contribution is -2.42. The molecule has 0 saturated carbocycles. The van der Waals surface area contributed by atoms with E-state index in [0.717, 1.165) is 35.7 Å². The number of aromatic amines is 1. The van der Waals surface area contributed by atoms with Gasteiger partial charge in [0, 0.05) is 29.9 Å². The predicted octanol–water partition coefficient (Wildman–Crippen LogP) is 2.65. The maximum atomic E-state index is 12.0. The molecule has 6 nitrogen and oxygen atoms in total. The number of benzene rings is 1. The molecule has 2 rings (SSSR count). The van der Waals surface area contributed by atoms with Crippen molar-refractivity contribution in [1.82, 2.24) is 10.3 Å². The highest BCUT2D eigenvalue weighted by molar-refractivity contribution is 5.87. The number of esters is 1. The van der Waals surface area contributed by atoms with Crippen LogP contribution in [0.3, 0.4) is 0 Å². The van der Waals surface area contributed by atoms with Crippen LogP contribution in [0.15, 0.2) is 24.4 Å². The molecule has 0 aliphatic heterocycles. The molecule has 0 unspecified atom stereocenters. The smallest absolute Gasteiger partial charge is 0.328 e. The summed E-state index contributed by atoms with van der Waals surface area (Å²) in [5.41, 5.74) is 1.70. The number of carbonyl (C=O) groups is 2.